The number of nitrogens with two attached hydrogens (primary N) is 1. The molecule has 66 valence electrons. The molecule has 0 unspecified atom stereocenters. The van der Waals surface area contributed by atoms with E-state index in [2.05, 4.69) is 7.05 Å². The number of hydrogen-bond donors (Lipinski definition) is 1. The molecular formula is C9H12FNO. The molecule has 0 aliphatic carbocycles. The Morgan fingerprint density at radius 1 is 1.58 bits per heavy atom. The SMILES string of the molecule is [CH2-][NH2+]Cc1cc(F)ccc1OC. The van der Waals surface area contributed by atoms with Crippen molar-refractivity contribution in [3.8, 4) is 5.75 Å². The predicted octanol–water partition coefficient (Wildman–Crippen LogP) is 0.689. The van der Waals surface area contributed by atoms with Crippen LogP contribution in [0.2, 0.25) is 0 Å². The first-order valence-electron chi connectivity index (χ1n) is 3.71. The molecule has 0 amide bonds. The molecule has 0 aliphatic heterocycles. The predicted molar refractivity (Wildman–Crippen MR) is 43.9 cm³/mol. The standard InChI is InChI=1S/C9H12FNO/c1-11-6-7-5-8(10)3-4-9(7)12-2/h3-5H,1,6,11H2,2H3. The number of ether oxygens (including phenoxy) is 1. The molecular weight excluding hydrogens is 157 g/mol. The molecule has 0 saturated carbocycles. The zero-order chi connectivity index (χ0) is 8.97. The third-order valence-electron chi connectivity index (χ3n) is 1.61. The highest BCUT2D eigenvalue weighted by atomic mass is 19.1. The van der Waals surface area contributed by atoms with Crippen molar-refractivity contribution in [3.63, 3.8) is 0 Å². The minimum atomic E-state index is -0.243. The summed E-state index contributed by atoms with van der Waals surface area (Å²) in [6.45, 7) is 0.626. The van der Waals surface area contributed by atoms with Gasteiger partial charge in [0.2, 0.25) is 0 Å². The largest absolute Gasteiger partial charge is 0.496 e. The highest BCUT2D eigenvalue weighted by Gasteiger charge is 2.03. The summed E-state index contributed by atoms with van der Waals surface area (Å²) in [4.78, 5) is 0. The molecule has 0 spiro atoms. The second-order valence-corrected chi connectivity index (χ2v) is 2.45. The lowest BCUT2D eigenvalue weighted by Gasteiger charge is -2.07. The quantitative estimate of drug-likeness (QED) is 0.662. The summed E-state index contributed by atoms with van der Waals surface area (Å²) >= 11 is 0. The highest BCUT2D eigenvalue weighted by molar-refractivity contribution is 5.33. The lowest BCUT2D eigenvalue weighted by Crippen LogP contribution is -2.74. The number of halogens is 1. The Bertz CT molecular complexity index is 263. The van der Waals surface area contributed by atoms with E-state index in [1.165, 1.54) is 12.1 Å². The van der Waals surface area contributed by atoms with E-state index in [4.69, 9.17) is 4.74 Å². The van der Waals surface area contributed by atoms with Gasteiger partial charge in [-0.1, -0.05) is 0 Å². The second kappa shape index (κ2) is 4.07. The fraction of sp³-hybridized carbons (Fsp3) is 0.222. The maximum atomic E-state index is 12.7. The van der Waals surface area contributed by atoms with Gasteiger partial charge >= 0.3 is 0 Å². The minimum Gasteiger partial charge on any atom is -0.496 e. The van der Waals surface area contributed by atoms with Crippen molar-refractivity contribution in [2.75, 3.05) is 7.11 Å². The summed E-state index contributed by atoms with van der Waals surface area (Å²) in [5.74, 6) is 0.462. The van der Waals surface area contributed by atoms with Crippen molar-refractivity contribution >= 4 is 0 Å². The van der Waals surface area contributed by atoms with Crippen LogP contribution < -0.4 is 10.1 Å². The molecule has 0 saturated heterocycles. The van der Waals surface area contributed by atoms with Crippen LogP contribution in [-0.2, 0) is 6.54 Å². The zero-order valence-electron chi connectivity index (χ0n) is 7.01. The van der Waals surface area contributed by atoms with Gasteiger partial charge in [-0.25, -0.2) is 4.39 Å². The number of quaternary nitrogens is 1. The van der Waals surface area contributed by atoms with Crippen molar-refractivity contribution in [3.05, 3.63) is 36.6 Å². The molecule has 3 heteroatoms. The molecule has 0 radical (unpaired) electrons. The molecule has 0 fully saturated rings. The smallest absolute Gasteiger partial charge is 0.127 e. The van der Waals surface area contributed by atoms with Crippen LogP contribution >= 0.6 is 0 Å². The topological polar surface area (TPSA) is 25.8 Å². The van der Waals surface area contributed by atoms with E-state index in [1.807, 2.05) is 0 Å². The van der Waals surface area contributed by atoms with E-state index >= 15 is 0 Å². The minimum absolute atomic E-state index is 0.243. The third kappa shape index (κ3) is 1.95. The summed E-state index contributed by atoms with van der Waals surface area (Å²) in [5.41, 5.74) is 0.826. The Balaban J connectivity index is 2.95. The van der Waals surface area contributed by atoms with Gasteiger partial charge in [-0.3, -0.25) is 0 Å². The summed E-state index contributed by atoms with van der Waals surface area (Å²) in [7, 11) is 5.15. The average molecular weight is 169 g/mol. The lowest BCUT2D eigenvalue weighted by atomic mass is 10.2. The molecule has 2 nitrogen and oxygen atoms in total. The average Bonchev–Trinajstić information content (AvgIpc) is 2.05. The van der Waals surface area contributed by atoms with Crippen LogP contribution in [0.4, 0.5) is 4.39 Å². The van der Waals surface area contributed by atoms with Crippen LogP contribution in [-0.4, -0.2) is 7.11 Å². The Morgan fingerprint density at radius 2 is 2.33 bits per heavy atom. The molecule has 0 heterocycles. The van der Waals surface area contributed by atoms with Crippen LogP contribution in [0.5, 0.6) is 5.75 Å². The molecule has 1 aromatic rings. The van der Waals surface area contributed by atoms with Crippen molar-refractivity contribution in [2.45, 2.75) is 6.54 Å². The lowest BCUT2D eigenvalue weighted by molar-refractivity contribution is -0.612. The monoisotopic (exact) mass is 169 g/mol. The molecule has 1 aromatic carbocycles. The van der Waals surface area contributed by atoms with Gasteiger partial charge in [0, 0.05) is 5.56 Å². The molecule has 0 aliphatic rings. The normalized spacial score (nSPS) is 9.92. The highest BCUT2D eigenvalue weighted by Crippen LogP contribution is 2.17. The Morgan fingerprint density at radius 3 is 2.92 bits per heavy atom. The third-order valence-corrected chi connectivity index (χ3v) is 1.61. The molecule has 12 heavy (non-hydrogen) atoms. The van der Waals surface area contributed by atoms with Crippen molar-refractivity contribution in [2.24, 2.45) is 0 Å². The van der Waals surface area contributed by atoms with E-state index in [1.54, 1.807) is 18.5 Å². The zero-order valence-corrected chi connectivity index (χ0v) is 7.01. The van der Waals surface area contributed by atoms with E-state index in [0.29, 0.717) is 12.3 Å². The maximum Gasteiger partial charge on any atom is 0.127 e. The number of benzene rings is 1. The first kappa shape index (κ1) is 9.00. The summed E-state index contributed by atoms with van der Waals surface area (Å²) < 4.78 is 17.8. The fourth-order valence-corrected chi connectivity index (χ4v) is 1.06. The van der Waals surface area contributed by atoms with Gasteiger partial charge in [0.05, 0.1) is 13.7 Å². The van der Waals surface area contributed by atoms with Gasteiger partial charge in [-0.15, -0.1) is 0 Å². The van der Waals surface area contributed by atoms with Gasteiger partial charge in [0.1, 0.15) is 11.6 Å². The van der Waals surface area contributed by atoms with Crippen LogP contribution in [0, 0.1) is 12.9 Å². The molecule has 0 atom stereocenters. The van der Waals surface area contributed by atoms with Gasteiger partial charge in [0.15, 0.2) is 0 Å². The van der Waals surface area contributed by atoms with Crippen molar-refractivity contribution < 1.29 is 14.4 Å². The van der Waals surface area contributed by atoms with Gasteiger partial charge in [-0.05, 0) is 18.2 Å². The van der Waals surface area contributed by atoms with Crippen molar-refractivity contribution in [1.82, 2.24) is 0 Å². The fourth-order valence-electron chi connectivity index (χ4n) is 1.06. The Kier molecular flexibility index (Phi) is 3.05. The molecule has 0 aromatic heterocycles. The van der Waals surface area contributed by atoms with Crippen LogP contribution in [0.15, 0.2) is 18.2 Å². The first-order valence-corrected chi connectivity index (χ1v) is 3.71. The van der Waals surface area contributed by atoms with E-state index in [0.717, 1.165) is 5.56 Å². The van der Waals surface area contributed by atoms with Gasteiger partial charge in [0.25, 0.3) is 0 Å². The summed E-state index contributed by atoms with van der Waals surface area (Å²) in [6.07, 6.45) is 0. The van der Waals surface area contributed by atoms with Gasteiger partial charge < -0.3 is 10.1 Å². The van der Waals surface area contributed by atoms with Crippen LogP contribution in [0.3, 0.4) is 0 Å². The summed E-state index contributed by atoms with van der Waals surface area (Å²) in [6, 6.07) is 4.46. The first-order chi connectivity index (χ1) is 5.77. The van der Waals surface area contributed by atoms with Crippen LogP contribution in [0.1, 0.15) is 5.56 Å². The Hall–Kier alpha value is -1.09. The molecule has 1 rings (SSSR count). The number of hydrogen-bond acceptors (Lipinski definition) is 1. The van der Waals surface area contributed by atoms with Gasteiger partial charge in [-0.2, -0.15) is 7.05 Å². The van der Waals surface area contributed by atoms with E-state index in [-0.39, 0.29) is 5.82 Å². The second-order valence-electron chi connectivity index (χ2n) is 2.45. The number of rotatable bonds is 3. The number of methoxy groups -OCH3 is 1. The van der Waals surface area contributed by atoms with E-state index in [9.17, 15) is 4.39 Å². The Labute approximate surface area is 71.4 Å². The van der Waals surface area contributed by atoms with Crippen molar-refractivity contribution in [1.29, 1.82) is 0 Å². The summed E-state index contributed by atoms with van der Waals surface area (Å²) in [5, 5.41) is 1.72. The molecule has 0 bridgehead atoms. The van der Waals surface area contributed by atoms with Crippen LogP contribution in [0.25, 0.3) is 0 Å². The van der Waals surface area contributed by atoms with E-state index < -0.39 is 0 Å². The molecule has 2 N–H and O–H groups in total. The maximum absolute atomic E-state index is 12.7.